The molecule has 1 aromatic rings. The summed E-state index contributed by atoms with van der Waals surface area (Å²) in [6.45, 7) is 1.83. The van der Waals surface area contributed by atoms with Crippen LogP contribution >= 0.6 is 23.3 Å². The van der Waals surface area contributed by atoms with Gasteiger partial charge in [0.1, 0.15) is 5.01 Å². The first-order valence-electron chi connectivity index (χ1n) is 3.03. The predicted molar refractivity (Wildman–Crippen MR) is 46.0 cm³/mol. The summed E-state index contributed by atoms with van der Waals surface area (Å²) >= 11 is 2.16. The van der Waals surface area contributed by atoms with Gasteiger partial charge in [-0.3, -0.25) is 9.63 Å². The van der Waals surface area contributed by atoms with Gasteiger partial charge in [0.25, 0.3) is 0 Å². The molecule has 0 aliphatic carbocycles. The van der Waals surface area contributed by atoms with Crippen molar-refractivity contribution in [2.75, 3.05) is 7.11 Å². The minimum Gasteiger partial charge on any atom is -0.276 e. The third-order valence-corrected chi connectivity index (χ3v) is 2.25. The molecule has 0 aliphatic rings. The van der Waals surface area contributed by atoms with E-state index in [1.165, 1.54) is 18.6 Å². The minimum absolute atomic E-state index is 0.324. The number of rotatable bonds is 2. The number of carbonyl (C=O) groups excluding carboxylic acids is 1. The van der Waals surface area contributed by atoms with E-state index in [-0.39, 0.29) is 5.24 Å². The second-order valence-electron chi connectivity index (χ2n) is 1.79. The van der Waals surface area contributed by atoms with Crippen LogP contribution in [0, 0.1) is 6.92 Å². The standard InChI is InChI=1S/C5H7N3O2S2/c1-3-6-4(8-12-3)11-5(9)7-10-2/h1-2H3,(H,7,9). The van der Waals surface area contributed by atoms with Crippen LogP contribution in [0.5, 0.6) is 0 Å². The van der Waals surface area contributed by atoms with Gasteiger partial charge in [-0.2, -0.15) is 4.37 Å². The molecular formula is C5H7N3O2S2. The summed E-state index contributed by atoms with van der Waals surface area (Å²) in [6.07, 6.45) is 0. The Hall–Kier alpha value is -0.660. The van der Waals surface area contributed by atoms with Gasteiger partial charge < -0.3 is 0 Å². The molecule has 66 valence electrons. The van der Waals surface area contributed by atoms with E-state index in [0.717, 1.165) is 16.8 Å². The lowest BCUT2D eigenvalue weighted by Crippen LogP contribution is -2.16. The molecule has 1 aromatic heterocycles. The number of aromatic nitrogens is 2. The summed E-state index contributed by atoms with van der Waals surface area (Å²) < 4.78 is 3.92. The molecular weight excluding hydrogens is 198 g/mol. The van der Waals surface area contributed by atoms with Crippen LogP contribution in [0.2, 0.25) is 0 Å². The third kappa shape index (κ3) is 2.76. The van der Waals surface area contributed by atoms with E-state index >= 15 is 0 Å². The van der Waals surface area contributed by atoms with Crippen LogP contribution in [0.1, 0.15) is 5.01 Å². The molecule has 1 N–H and O–H groups in total. The van der Waals surface area contributed by atoms with E-state index in [2.05, 4.69) is 19.7 Å². The molecule has 0 radical (unpaired) electrons. The minimum atomic E-state index is -0.324. The Kier molecular flexibility index (Phi) is 3.45. The van der Waals surface area contributed by atoms with E-state index in [0.29, 0.717) is 5.16 Å². The van der Waals surface area contributed by atoms with E-state index in [1.807, 2.05) is 6.92 Å². The van der Waals surface area contributed by atoms with Crippen LogP contribution in [0.4, 0.5) is 4.79 Å². The zero-order chi connectivity index (χ0) is 8.97. The van der Waals surface area contributed by atoms with Crippen LogP contribution < -0.4 is 5.48 Å². The fraction of sp³-hybridized carbons (Fsp3) is 0.400. The summed E-state index contributed by atoms with van der Waals surface area (Å²) in [5.41, 5.74) is 2.15. The molecule has 1 rings (SSSR count). The first kappa shape index (κ1) is 9.43. The molecule has 0 unspecified atom stereocenters. The number of amides is 1. The van der Waals surface area contributed by atoms with Gasteiger partial charge in [-0.05, 0) is 18.5 Å². The zero-order valence-corrected chi connectivity index (χ0v) is 8.16. The largest absolute Gasteiger partial charge is 0.310 e. The quantitative estimate of drug-likeness (QED) is 0.580. The molecule has 0 saturated heterocycles. The molecule has 5 nitrogen and oxygen atoms in total. The van der Waals surface area contributed by atoms with Crippen molar-refractivity contribution in [2.24, 2.45) is 0 Å². The first-order valence-corrected chi connectivity index (χ1v) is 4.62. The topological polar surface area (TPSA) is 64.1 Å². The van der Waals surface area contributed by atoms with Gasteiger partial charge in [0.2, 0.25) is 5.16 Å². The van der Waals surface area contributed by atoms with Crippen molar-refractivity contribution in [3.8, 4) is 0 Å². The van der Waals surface area contributed by atoms with Gasteiger partial charge in [0.05, 0.1) is 7.11 Å². The summed E-state index contributed by atoms with van der Waals surface area (Å²) in [6, 6.07) is 0. The molecule has 0 spiro atoms. The van der Waals surface area contributed by atoms with E-state index in [9.17, 15) is 4.79 Å². The maximum Gasteiger partial charge on any atom is 0.310 e. The SMILES string of the molecule is CONC(=O)Sc1nsc(C)n1. The molecule has 1 amide bonds. The number of hydroxylamine groups is 1. The zero-order valence-electron chi connectivity index (χ0n) is 6.53. The Bertz CT molecular complexity index is 275. The molecule has 0 bridgehead atoms. The summed E-state index contributed by atoms with van der Waals surface area (Å²) in [7, 11) is 1.37. The van der Waals surface area contributed by atoms with Crippen molar-refractivity contribution >= 4 is 28.5 Å². The predicted octanol–water partition coefficient (Wildman–Crippen LogP) is 1.21. The van der Waals surface area contributed by atoms with Crippen LogP contribution in [0.3, 0.4) is 0 Å². The molecule has 7 heteroatoms. The Morgan fingerprint density at radius 2 is 2.50 bits per heavy atom. The van der Waals surface area contributed by atoms with Gasteiger partial charge in [0, 0.05) is 11.8 Å². The highest BCUT2D eigenvalue weighted by molar-refractivity contribution is 8.13. The molecule has 1 heterocycles. The van der Waals surface area contributed by atoms with Gasteiger partial charge in [-0.1, -0.05) is 0 Å². The van der Waals surface area contributed by atoms with Crippen LogP contribution in [0.25, 0.3) is 0 Å². The molecule has 0 fully saturated rings. The molecule has 0 aliphatic heterocycles. The maximum atomic E-state index is 10.9. The smallest absolute Gasteiger partial charge is 0.276 e. The van der Waals surface area contributed by atoms with Gasteiger partial charge in [-0.15, -0.1) is 0 Å². The number of thioether (sulfide) groups is 1. The summed E-state index contributed by atoms with van der Waals surface area (Å²) in [4.78, 5) is 19.3. The molecule has 0 aromatic carbocycles. The molecule has 0 saturated carbocycles. The highest BCUT2D eigenvalue weighted by atomic mass is 32.2. The van der Waals surface area contributed by atoms with Crippen molar-refractivity contribution in [3.05, 3.63) is 5.01 Å². The number of nitrogens with zero attached hydrogens (tertiary/aromatic N) is 2. The highest BCUT2D eigenvalue weighted by Gasteiger charge is 2.07. The lowest BCUT2D eigenvalue weighted by Gasteiger charge is -1.95. The van der Waals surface area contributed by atoms with Gasteiger partial charge >= 0.3 is 5.24 Å². The fourth-order valence-corrected chi connectivity index (χ4v) is 1.68. The Labute approximate surface area is 77.6 Å². The Morgan fingerprint density at radius 1 is 1.75 bits per heavy atom. The van der Waals surface area contributed by atoms with Crippen molar-refractivity contribution in [1.82, 2.24) is 14.8 Å². The summed E-state index contributed by atoms with van der Waals surface area (Å²) in [5, 5.41) is 0.963. The average Bonchev–Trinajstić information content (AvgIpc) is 2.36. The van der Waals surface area contributed by atoms with Crippen LogP contribution in [-0.2, 0) is 4.84 Å². The van der Waals surface area contributed by atoms with Crippen molar-refractivity contribution in [2.45, 2.75) is 12.1 Å². The van der Waals surface area contributed by atoms with Crippen molar-refractivity contribution in [3.63, 3.8) is 0 Å². The lowest BCUT2D eigenvalue weighted by molar-refractivity contribution is 0.120. The van der Waals surface area contributed by atoms with E-state index in [4.69, 9.17) is 0 Å². The number of nitrogens with one attached hydrogen (secondary N) is 1. The van der Waals surface area contributed by atoms with Gasteiger partial charge in [0.15, 0.2) is 0 Å². The summed E-state index contributed by atoms with van der Waals surface area (Å²) in [5.74, 6) is 0. The first-order chi connectivity index (χ1) is 5.72. The Morgan fingerprint density at radius 3 is 3.00 bits per heavy atom. The maximum absolute atomic E-state index is 10.9. The lowest BCUT2D eigenvalue weighted by atomic mass is 10.8. The van der Waals surface area contributed by atoms with E-state index < -0.39 is 0 Å². The van der Waals surface area contributed by atoms with Gasteiger partial charge in [-0.25, -0.2) is 10.5 Å². The normalized spacial score (nSPS) is 9.83. The van der Waals surface area contributed by atoms with Crippen LogP contribution in [-0.4, -0.2) is 21.7 Å². The highest BCUT2D eigenvalue weighted by Crippen LogP contribution is 2.16. The molecule has 12 heavy (non-hydrogen) atoms. The van der Waals surface area contributed by atoms with Crippen molar-refractivity contribution in [1.29, 1.82) is 0 Å². The second kappa shape index (κ2) is 4.39. The monoisotopic (exact) mass is 205 g/mol. The third-order valence-electron chi connectivity index (χ3n) is 0.878. The van der Waals surface area contributed by atoms with Crippen LogP contribution in [0.15, 0.2) is 5.16 Å². The van der Waals surface area contributed by atoms with Crippen molar-refractivity contribution < 1.29 is 9.63 Å². The number of hydrogen-bond acceptors (Lipinski definition) is 6. The number of carbonyl (C=O) groups is 1. The Balaban J connectivity index is 2.46. The fourth-order valence-electron chi connectivity index (χ4n) is 0.509. The number of hydrogen-bond donors (Lipinski definition) is 1. The molecule has 0 atom stereocenters. The van der Waals surface area contributed by atoms with E-state index in [1.54, 1.807) is 0 Å². The average molecular weight is 205 g/mol. The second-order valence-corrected chi connectivity index (χ2v) is 3.69. The number of aryl methyl sites for hydroxylation is 1.